The van der Waals surface area contributed by atoms with Crippen molar-refractivity contribution in [2.24, 2.45) is 11.8 Å². The van der Waals surface area contributed by atoms with E-state index in [0.717, 1.165) is 11.8 Å². The maximum Gasteiger partial charge on any atom is -0.0247 e. The van der Waals surface area contributed by atoms with Gasteiger partial charge >= 0.3 is 0 Å². The fourth-order valence-corrected chi connectivity index (χ4v) is 3.37. The zero-order valence-electron chi connectivity index (χ0n) is 14.1. The van der Waals surface area contributed by atoms with Crippen LogP contribution in [-0.4, -0.2) is 0 Å². The van der Waals surface area contributed by atoms with Gasteiger partial charge in [-0.2, -0.15) is 0 Å². The first-order valence-corrected chi connectivity index (χ1v) is 8.86. The van der Waals surface area contributed by atoms with E-state index >= 15 is 0 Å². The van der Waals surface area contributed by atoms with E-state index in [-0.39, 0.29) is 0 Å². The van der Waals surface area contributed by atoms with Crippen LogP contribution in [0.2, 0.25) is 0 Å². The number of benzene rings is 1. The molecular formula is C20H34. The molecular weight excluding hydrogens is 240 g/mol. The summed E-state index contributed by atoms with van der Waals surface area (Å²) in [5.74, 6) is 1.96. The standard InChI is InChI=1S/C10H12.C8H16.C2H6/c1-8-6-9-4-2-3-5-10(9)7-8;1-2-8-6-4-3-5-7-8;1-2/h2-5,8H,6-7H2,1H3;8H,2-7H2,1H3;1-2H3. The molecule has 0 aliphatic heterocycles. The maximum atomic E-state index is 2.32. The van der Waals surface area contributed by atoms with Crippen LogP contribution < -0.4 is 0 Å². The van der Waals surface area contributed by atoms with Gasteiger partial charge in [-0.1, -0.05) is 90.5 Å². The molecule has 0 heteroatoms. The minimum absolute atomic E-state index is 0.873. The van der Waals surface area contributed by atoms with Crippen LogP contribution in [0, 0.1) is 11.8 Å². The van der Waals surface area contributed by atoms with Crippen molar-refractivity contribution in [1.82, 2.24) is 0 Å². The van der Waals surface area contributed by atoms with Crippen molar-refractivity contribution in [3.8, 4) is 0 Å². The number of rotatable bonds is 1. The molecule has 0 spiro atoms. The zero-order valence-corrected chi connectivity index (χ0v) is 14.1. The van der Waals surface area contributed by atoms with E-state index in [1.807, 2.05) is 13.8 Å². The zero-order chi connectivity index (χ0) is 14.8. The molecule has 1 aromatic carbocycles. The second-order valence-electron chi connectivity index (χ2n) is 6.19. The Kier molecular flexibility index (Phi) is 8.65. The summed E-state index contributed by atoms with van der Waals surface area (Å²) in [6.07, 6.45) is 11.5. The van der Waals surface area contributed by atoms with Crippen LogP contribution in [0.25, 0.3) is 0 Å². The van der Waals surface area contributed by atoms with Gasteiger partial charge in [0.1, 0.15) is 0 Å². The molecule has 0 radical (unpaired) electrons. The van der Waals surface area contributed by atoms with E-state index < -0.39 is 0 Å². The predicted octanol–water partition coefficient (Wildman–Crippen LogP) is 6.42. The first kappa shape index (κ1) is 17.3. The first-order chi connectivity index (χ1) is 9.79. The van der Waals surface area contributed by atoms with Gasteiger partial charge in [-0.15, -0.1) is 0 Å². The van der Waals surface area contributed by atoms with Gasteiger partial charge in [0, 0.05) is 0 Å². The smallest absolute Gasteiger partial charge is 0.0247 e. The fourth-order valence-electron chi connectivity index (χ4n) is 3.37. The average Bonchev–Trinajstić information content (AvgIpc) is 2.91. The second kappa shape index (κ2) is 10.0. The van der Waals surface area contributed by atoms with Gasteiger partial charge < -0.3 is 0 Å². The summed E-state index contributed by atoms with van der Waals surface area (Å²) in [6, 6.07) is 8.77. The third-order valence-corrected chi connectivity index (χ3v) is 4.56. The molecule has 114 valence electrons. The van der Waals surface area contributed by atoms with Gasteiger partial charge in [-0.05, 0) is 35.8 Å². The minimum Gasteiger partial charge on any atom is -0.0683 e. The first-order valence-electron chi connectivity index (χ1n) is 8.86. The lowest BCUT2D eigenvalue weighted by molar-refractivity contribution is 0.349. The van der Waals surface area contributed by atoms with Crippen molar-refractivity contribution in [3.05, 3.63) is 35.4 Å². The molecule has 0 amide bonds. The van der Waals surface area contributed by atoms with Gasteiger partial charge in [0.25, 0.3) is 0 Å². The molecule has 2 aliphatic rings. The van der Waals surface area contributed by atoms with Crippen LogP contribution in [-0.2, 0) is 12.8 Å². The Morgan fingerprint density at radius 2 is 1.40 bits per heavy atom. The Morgan fingerprint density at radius 1 is 0.900 bits per heavy atom. The molecule has 0 heterocycles. The molecule has 1 fully saturated rings. The second-order valence-corrected chi connectivity index (χ2v) is 6.19. The van der Waals surface area contributed by atoms with E-state index in [4.69, 9.17) is 0 Å². The molecule has 0 aromatic heterocycles. The highest BCUT2D eigenvalue weighted by Gasteiger charge is 2.15. The van der Waals surface area contributed by atoms with E-state index in [9.17, 15) is 0 Å². The normalized spacial score (nSPS) is 18.4. The molecule has 0 unspecified atom stereocenters. The van der Waals surface area contributed by atoms with Crippen molar-refractivity contribution < 1.29 is 0 Å². The Morgan fingerprint density at radius 3 is 1.80 bits per heavy atom. The molecule has 1 saturated carbocycles. The van der Waals surface area contributed by atoms with E-state index in [1.54, 1.807) is 11.1 Å². The molecule has 2 aliphatic carbocycles. The Labute approximate surface area is 127 Å². The Bertz CT molecular complexity index is 322. The fraction of sp³-hybridized carbons (Fsp3) is 0.700. The summed E-state index contributed by atoms with van der Waals surface area (Å²) in [6.45, 7) is 8.63. The topological polar surface area (TPSA) is 0 Å². The lowest BCUT2D eigenvalue weighted by atomic mass is 9.88. The summed E-state index contributed by atoms with van der Waals surface area (Å²) in [5, 5.41) is 0. The summed E-state index contributed by atoms with van der Waals surface area (Å²) in [5.41, 5.74) is 3.13. The third-order valence-electron chi connectivity index (χ3n) is 4.56. The van der Waals surface area contributed by atoms with Gasteiger partial charge in [0.05, 0.1) is 0 Å². The van der Waals surface area contributed by atoms with Crippen molar-refractivity contribution >= 4 is 0 Å². The summed E-state index contributed by atoms with van der Waals surface area (Å²) in [4.78, 5) is 0. The van der Waals surface area contributed by atoms with Crippen LogP contribution in [0.3, 0.4) is 0 Å². The molecule has 3 rings (SSSR count). The van der Waals surface area contributed by atoms with Crippen molar-refractivity contribution in [2.45, 2.75) is 79.1 Å². The SMILES string of the molecule is CC.CC1Cc2ccccc2C1.CCC1CCCCC1. The molecule has 0 bridgehead atoms. The quantitative estimate of drug-likeness (QED) is 0.554. The number of fused-ring (bicyclic) bond motifs is 1. The van der Waals surface area contributed by atoms with Gasteiger partial charge in [0.15, 0.2) is 0 Å². The monoisotopic (exact) mass is 274 g/mol. The highest BCUT2D eigenvalue weighted by molar-refractivity contribution is 5.31. The maximum absolute atomic E-state index is 2.32. The predicted molar refractivity (Wildman–Crippen MR) is 91.2 cm³/mol. The minimum atomic E-state index is 0.873. The lowest BCUT2D eigenvalue weighted by Gasteiger charge is -2.18. The number of hydrogen-bond acceptors (Lipinski definition) is 0. The molecule has 20 heavy (non-hydrogen) atoms. The lowest BCUT2D eigenvalue weighted by Crippen LogP contribution is -2.03. The van der Waals surface area contributed by atoms with Gasteiger partial charge in [0.2, 0.25) is 0 Å². The van der Waals surface area contributed by atoms with Crippen molar-refractivity contribution in [1.29, 1.82) is 0 Å². The van der Waals surface area contributed by atoms with Crippen LogP contribution in [0.4, 0.5) is 0 Å². The van der Waals surface area contributed by atoms with E-state index in [1.165, 1.54) is 51.4 Å². The molecule has 0 nitrogen and oxygen atoms in total. The highest BCUT2D eigenvalue weighted by Crippen LogP contribution is 2.26. The van der Waals surface area contributed by atoms with Crippen LogP contribution in [0.1, 0.15) is 77.3 Å². The summed E-state index contributed by atoms with van der Waals surface area (Å²) >= 11 is 0. The largest absolute Gasteiger partial charge is 0.0683 e. The van der Waals surface area contributed by atoms with Gasteiger partial charge in [-0.3, -0.25) is 0 Å². The van der Waals surface area contributed by atoms with E-state index in [2.05, 4.69) is 38.1 Å². The number of hydrogen-bond donors (Lipinski definition) is 0. The van der Waals surface area contributed by atoms with Crippen molar-refractivity contribution in [2.75, 3.05) is 0 Å². The van der Waals surface area contributed by atoms with E-state index in [0.29, 0.717) is 0 Å². The molecule has 0 atom stereocenters. The van der Waals surface area contributed by atoms with Crippen LogP contribution >= 0.6 is 0 Å². The molecule has 0 saturated heterocycles. The summed E-state index contributed by atoms with van der Waals surface area (Å²) in [7, 11) is 0. The van der Waals surface area contributed by atoms with Crippen LogP contribution in [0.15, 0.2) is 24.3 Å². The van der Waals surface area contributed by atoms with Crippen LogP contribution in [0.5, 0.6) is 0 Å². The summed E-state index contributed by atoms with van der Waals surface area (Å²) < 4.78 is 0. The van der Waals surface area contributed by atoms with Gasteiger partial charge in [-0.25, -0.2) is 0 Å². The molecule has 0 N–H and O–H groups in total. The van der Waals surface area contributed by atoms with Crippen molar-refractivity contribution in [3.63, 3.8) is 0 Å². The Hall–Kier alpha value is -0.780. The average molecular weight is 274 g/mol. The third kappa shape index (κ3) is 5.69. The molecule has 1 aromatic rings. The Balaban J connectivity index is 0.000000182. The highest BCUT2D eigenvalue weighted by atomic mass is 14.2.